The van der Waals surface area contributed by atoms with Crippen molar-refractivity contribution in [1.29, 1.82) is 0 Å². The van der Waals surface area contributed by atoms with Crippen molar-refractivity contribution in [3.05, 3.63) is 48.6 Å². The molecule has 0 fully saturated rings. The van der Waals surface area contributed by atoms with Gasteiger partial charge in [-0.05, 0) is 25.3 Å². The second kappa shape index (κ2) is 10.2. The number of rotatable bonds is 9. The van der Waals surface area contributed by atoms with Gasteiger partial charge >= 0.3 is 12.1 Å². The Labute approximate surface area is 141 Å². The van der Waals surface area contributed by atoms with Crippen molar-refractivity contribution >= 4 is 17.8 Å². The van der Waals surface area contributed by atoms with E-state index in [-0.39, 0.29) is 12.4 Å². The number of methoxy groups -OCH3 is 1. The number of ketones is 1. The lowest BCUT2D eigenvalue weighted by Gasteiger charge is -2.24. The average Bonchev–Trinajstić information content (AvgIpc) is 2.58. The molecule has 1 amide bonds. The fourth-order valence-corrected chi connectivity index (χ4v) is 2.36. The molecule has 0 aliphatic heterocycles. The first kappa shape index (κ1) is 19.4. The molecule has 1 unspecified atom stereocenters. The van der Waals surface area contributed by atoms with Crippen LogP contribution in [0.3, 0.4) is 0 Å². The molecule has 6 nitrogen and oxygen atoms in total. The van der Waals surface area contributed by atoms with Gasteiger partial charge in [-0.25, -0.2) is 4.79 Å². The minimum absolute atomic E-state index is 0.0419. The van der Waals surface area contributed by atoms with Gasteiger partial charge < -0.3 is 14.8 Å². The maximum absolute atomic E-state index is 12.0. The van der Waals surface area contributed by atoms with Crippen molar-refractivity contribution in [2.45, 2.75) is 25.8 Å². The maximum atomic E-state index is 12.0. The van der Waals surface area contributed by atoms with Crippen LogP contribution in [0.4, 0.5) is 4.79 Å². The summed E-state index contributed by atoms with van der Waals surface area (Å²) in [6.45, 7) is 4.80. The van der Waals surface area contributed by atoms with Gasteiger partial charge in [0.15, 0.2) is 0 Å². The number of hydrogen-bond acceptors (Lipinski definition) is 5. The van der Waals surface area contributed by atoms with E-state index in [2.05, 4.69) is 11.9 Å². The number of Topliss-reactive ketones (excluding diaryl/α,β-unsaturated/α-hetero) is 1. The van der Waals surface area contributed by atoms with Gasteiger partial charge in [0.05, 0.1) is 13.2 Å². The number of aryl methyl sites for hydroxylation is 1. The van der Waals surface area contributed by atoms with E-state index in [1.807, 2.05) is 30.3 Å². The second-order valence-corrected chi connectivity index (χ2v) is 5.27. The molecule has 0 bridgehead atoms. The highest BCUT2D eigenvalue weighted by Gasteiger charge is 2.34. The normalized spacial score (nSPS) is 12.6. The first-order chi connectivity index (χ1) is 11.5. The van der Waals surface area contributed by atoms with Crippen molar-refractivity contribution < 1.29 is 23.9 Å². The van der Waals surface area contributed by atoms with E-state index in [0.29, 0.717) is 12.8 Å². The van der Waals surface area contributed by atoms with E-state index in [1.54, 1.807) is 0 Å². The van der Waals surface area contributed by atoms with Crippen molar-refractivity contribution in [2.75, 3.05) is 13.7 Å². The van der Waals surface area contributed by atoms with Gasteiger partial charge in [-0.1, -0.05) is 43.0 Å². The number of benzene rings is 1. The molecule has 1 aromatic rings. The summed E-state index contributed by atoms with van der Waals surface area (Å²) < 4.78 is 9.59. The van der Waals surface area contributed by atoms with E-state index in [0.717, 1.165) is 5.56 Å². The lowest BCUT2D eigenvalue weighted by Crippen LogP contribution is -2.47. The highest BCUT2D eigenvalue weighted by molar-refractivity contribution is 5.98. The van der Waals surface area contributed by atoms with Crippen LogP contribution in [0.5, 0.6) is 0 Å². The molecule has 0 heterocycles. The molecule has 0 radical (unpaired) electrons. The Hall–Kier alpha value is -2.63. The van der Waals surface area contributed by atoms with Crippen LogP contribution in [0, 0.1) is 5.92 Å². The number of amides is 1. The molecule has 1 N–H and O–H groups in total. The number of hydrogen-bond donors (Lipinski definition) is 1. The fraction of sp³-hybridized carbons (Fsp3) is 0.389. The molecular formula is C18H23NO5. The summed E-state index contributed by atoms with van der Waals surface area (Å²) >= 11 is 0. The number of nitrogens with one attached hydrogen (secondary N) is 1. The standard InChI is InChI=1S/C18H23NO5/c1-4-12-24-18(22)19-15(16(13(2)20)17(21)23-3)11-10-14-8-6-5-7-9-14/h4-9,15-16H,1,10-12H2,2-3H3,(H,19,22)/t15-,16?/m1/s1. The third-order valence-corrected chi connectivity index (χ3v) is 3.52. The Morgan fingerprint density at radius 1 is 1.25 bits per heavy atom. The number of carbonyl (C=O) groups is 3. The molecular weight excluding hydrogens is 310 g/mol. The van der Waals surface area contributed by atoms with Crippen LogP contribution in [0.2, 0.25) is 0 Å². The minimum atomic E-state index is -1.07. The van der Waals surface area contributed by atoms with Gasteiger partial charge in [0.2, 0.25) is 0 Å². The molecule has 0 saturated carbocycles. The van der Waals surface area contributed by atoms with E-state index in [1.165, 1.54) is 20.1 Å². The van der Waals surface area contributed by atoms with Crippen LogP contribution < -0.4 is 5.32 Å². The Bertz CT molecular complexity index is 570. The highest BCUT2D eigenvalue weighted by atomic mass is 16.5. The van der Waals surface area contributed by atoms with Crippen LogP contribution in [0.15, 0.2) is 43.0 Å². The van der Waals surface area contributed by atoms with Crippen LogP contribution in [-0.2, 0) is 25.5 Å². The van der Waals surface area contributed by atoms with Crippen LogP contribution in [0.25, 0.3) is 0 Å². The molecule has 1 aromatic carbocycles. The fourth-order valence-electron chi connectivity index (χ4n) is 2.36. The third-order valence-electron chi connectivity index (χ3n) is 3.52. The van der Waals surface area contributed by atoms with Gasteiger partial charge in [0.25, 0.3) is 0 Å². The molecule has 130 valence electrons. The molecule has 24 heavy (non-hydrogen) atoms. The molecule has 0 spiro atoms. The van der Waals surface area contributed by atoms with E-state index >= 15 is 0 Å². The zero-order valence-corrected chi connectivity index (χ0v) is 14.0. The molecule has 0 aliphatic carbocycles. The predicted octanol–water partition coefficient (Wildman–Crippen LogP) is 2.28. The highest BCUT2D eigenvalue weighted by Crippen LogP contribution is 2.15. The zero-order chi connectivity index (χ0) is 17.9. The summed E-state index contributed by atoms with van der Waals surface area (Å²) in [5.74, 6) is -2.12. The monoisotopic (exact) mass is 333 g/mol. The minimum Gasteiger partial charge on any atom is -0.468 e. The third kappa shape index (κ3) is 6.24. The summed E-state index contributed by atoms with van der Waals surface area (Å²) in [5, 5.41) is 2.59. The predicted molar refractivity (Wildman–Crippen MR) is 89.4 cm³/mol. The lowest BCUT2D eigenvalue weighted by molar-refractivity contribution is -0.150. The number of alkyl carbamates (subject to hydrolysis) is 1. The molecule has 0 aliphatic rings. The Balaban J connectivity index is 2.87. The number of ether oxygens (including phenoxy) is 2. The van der Waals surface area contributed by atoms with Gasteiger partial charge in [0.1, 0.15) is 18.3 Å². The number of carbonyl (C=O) groups excluding carboxylic acids is 3. The van der Waals surface area contributed by atoms with Crippen LogP contribution in [-0.4, -0.2) is 37.6 Å². The van der Waals surface area contributed by atoms with Gasteiger partial charge in [-0.15, -0.1) is 0 Å². The summed E-state index contributed by atoms with van der Waals surface area (Å²) in [5.41, 5.74) is 1.04. The smallest absolute Gasteiger partial charge is 0.407 e. The Morgan fingerprint density at radius 3 is 2.46 bits per heavy atom. The molecule has 2 atom stereocenters. The molecule has 0 saturated heterocycles. The van der Waals surface area contributed by atoms with Crippen molar-refractivity contribution in [1.82, 2.24) is 5.32 Å². The lowest BCUT2D eigenvalue weighted by atomic mass is 9.91. The summed E-state index contributed by atoms with van der Waals surface area (Å²) in [6, 6.07) is 8.87. The summed E-state index contributed by atoms with van der Waals surface area (Å²) in [4.78, 5) is 35.7. The van der Waals surface area contributed by atoms with Gasteiger partial charge in [-0.2, -0.15) is 0 Å². The van der Waals surface area contributed by atoms with Crippen LogP contribution >= 0.6 is 0 Å². The number of esters is 1. The van der Waals surface area contributed by atoms with E-state index < -0.39 is 24.0 Å². The summed E-state index contributed by atoms with van der Waals surface area (Å²) in [7, 11) is 1.21. The van der Waals surface area contributed by atoms with Crippen molar-refractivity contribution in [2.24, 2.45) is 5.92 Å². The molecule has 6 heteroatoms. The van der Waals surface area contributed by atoms with Gasteiger partial charge in [-0.3, -0.25) is 9.59 Å². The second-order valence-electron chi connectivity index (χ2n) is 5.27. The Kier molecular flexibility index (Phi) is 8.25. The molecule has 1 rings (SSSR count). The zero-order valence-electron chi connectivity index (χ0n) is 14.0. The first-order valence-electron chi connectivity index (χ1n) is 7.66. The SMILES string of the molecule is C=CCOC(=O)N[C@H](CCc1ccccc1)C(C(C)=O)C(=O)OC. The average molecular weight is 333 g/mol. The maximum Gasteiger partial charge on any atom is 0.407 e. The van der Waals surface area contributed by atoms with Crippen LogP contribution in [0.1, 0.15) is 18.9 Å². The van der Waals surface area contributed by atoms with Gasteiger partial charge in [0, 0.05) is 0 Å². The molecule has 0 aromatic heterocycles. The van der Waals surface area contributed by atoms with Crippen molar-refractivity contribution in [3.63, 3.8) is 0 Å². The summed E-state index contributed by atoms with van der Waals surface area (Å²) in [6.07, 6.45) is 1.71. The largest absolute Gasteiger partial charge is 0.468 e. The van der Waals surface area contributed by atoms with Crippen molar-refractivity contribution in [3.8, 4) is 0 Å². The van der Waals surface area contributed by atoms with E-state index in [4.69, 9.17) is 9.47 Å². The first-order valence-corrected chi connectivity index (χ1v) is 7.66. The Morgan fingerprint density at radius 2 is 1.92 bits per heavy atom. The van der Waals surface area contributed by atoms with E-state index in [9.17, 15) is 14.4 Å². The quantitative estimate of drug-likeness (QED) is 0.426. The topological polar surface area (TPSA) is 81.7 Å².